The van der Waals surface area contributed by atoms with Gasteiger partial charge in [-0.3, -0.25) is 4.99 Å². The van der Waals surface area contributed by atoms with Crippen LogP contribution in [0.1, 0.15) is 32.3 Å². The highest BCUT2D eigenvalue weighted by atomic mass is 127. The van der Waals surface area contributed by atoms with Crippen LogP contribution < -0.4 is 10.6 Å². The average Bonchev–Trinajstić information content (AvgIpc) is 2.46. The van der Waals surface area contributed by atoms with Gasteiger partial charge in [0.1, 0.15) is 5.82 Å². The summed E-state index contributed by atoms with van der Waals surface area (Å²) >= 11 is 0. The molecular formula is C16H27FIN3. The van der Waals surface area contributed by atoms with E-state index in [0.717, 1.165) is 31.0 Å². The zero-order valence-electron chi connectivity index (χ0n) is 13.2. The van der Waals surface area contributed by atoms with E-state index >= 15 is 0 Å². The van der Waals surface area contributed by atoms with Crippen LogP contribution in [0.2, 0.25) is 0 Å². The third-order valence-corrected chi connectivity index (χ3v) is 3.53. The zero-order chi connectivity index (χ0) is 14.8. The summed E-state index contributed by atoms with van der Waals surface area (Å²) in [5.74, 6) is 1.31. The molecule has 0 heterocycles. The first-order chi connectivity index (χ1) is 9.69. The monoisotopic (exact) mass is 407 g/mol. The summed E-state index contributed by atoms with van der Waals surface area (Å²) in [5, 5.41) is 6.59. The molecule has 120 valence electrons. The lowest BCUT2D eigenvalue weighted by Crippen LogP contribution is -2.40. The van der Waals surface area contributed by atoms with E-state index in [2.05, 4.69) is 29.5 Å². The summed E-state index contributed by atoms with van der Waals surface area (Å²) in [7, 11) is 1.77. The highest BCUT2D eigenvalue weighted by Crippen LogP contribution is 2.05. The normalized spacial score (nSPS) is 11.2. The van der Waals surface area contributed by atoms with Gasteiger partial charge in [-0.05, 0) is 30.0 Å². The van der Waals surface area contributed by atoms with E-state index in [1.165, 1.54) is 18.9 Å². The maximum Gasteiger partial charge on any atom is 0.190 e. The van der Waals surface area contributed by atoms with Crippen molar-refractivity contribution in [3.05, 3.63) is 35.6 Å². The van der Waals surface area contributed by atoms with Crippen molar-refractivity contribution in [2.45, 2.75) is 33.1 Å². The number of benzene rings is 1. The van der Waals surface area contributed by atoms with Crippen LogP contribution in [0.5, 0.6) is 0 Å². The molecule has 0 bridgehead atoms. The molecule has 0 unspecified atom stereocenters. The molecule has 1 rings (SSSR count). The van der Waals surface area contributed by atoms with Crippen molar-refractivity contribution in [2.24, 2.45) is 10.9 Å². The van der Waals surface area contributed by atoms with E-state index in [9.17, 15) is 4.39 Å². The minimum Gasteiger partial charge on any atom is -0.356 e. The zero-order valence-corrected chi connectivity index (χ0v) is 15.5. The van der Waals surface area contributed by atoms with E-state index in [0.29, 0.717) is 5.92 Å². The molecule has 1 aromatic rings. The Morgan fingerprint density at radius 2 is 1.95 bits per heavy atom. The van der Waals surface area contributed by atoms with Gasteiger partial charge in [-0.2, -0.15) is 0 Å². The molecule has 0 radical (unpaired) electrons. The van der Waals surface area contributed by atoms with Crippen LogP contribution >= 0.6 is 24.0 Å². The van der Waals surface area contributed by atoms with Gasteiger partial charge in [0.2, 0.25) is 0 Å². The van der Waals surface area contributed by atoms with Gasteiger partial charge in [0.05, 0.1) is 0 Å². The first-order valence-electron chi connectivity index (χ1n) is 7.38. The molecule has 21 heavy (non-hydrogen) atoms. The summed E-state index contributed by atoms with van der Waals surface area (Å²) in [4.78, 5) is 4.20. The highest BCUT2D eigenvalue weighted by molar-refractivity contribution is 14.0. The maximum absolute atomic E-state index is 13.1. The summed E-state index contributed by atoms with van der Waals surface area (Å²) in [6, 6.07) is 6.71. The van der Waals surface area contributed by atoms with Gasteiger partial charge in [-0.15, -0.1) is 24.0 Å². The van der Waals surface area contributed by atoms with Crippen LogP contribution in [-0.4, -0.2) is 26.1 Å². The minimum atomic E-state index is -0.182. The van der Waals surface area contributed by atoms with E-state index in [1.807, 2.05) is 6.07 Å². The molecule has 0 atom stereocenters. The third kappa shape index (κ3) is 8.24. The molecule has 3 nitrogen and oxygen atoms in total. The molecule has 0 aliphatic heterocycles. The fourth-order valence-corrected chi connectivity index (χ4v) is 2.06. The smallest absolute Gasteiger partial charge is 0.190 e. The number of nitrogens with one attached hydrogen (secondary N) is 2. The van der Waals surface area contributed by atoms with Gasteiger partial charge in [-0.1, -0.05) is 38.8 Å². The van der Waals surface area contributed by atoms with Crippen LogP contribution in [-0.2, 0) is 6.42 Å². The fraction of sp³-hybridized carbons (Fsp3) is 0.562. The Labute approximate surface area is 144 Å². The van der Waals surface area contributed by atoms with E-state index in [4.69, 9.17) is 0 Å². The Hall–Kier alpha value is -0.850. The Kier molecular flexibility index (Phi) is 11.3. The van der Waals surface area contributed by atoms with Gasteiger partial charge < -0.3 is 10.6 Å². The predicted octanol–water partition coefficient (Wildman–Crippen LogP) is 3.59. The van der Waals surface area contributed by atoms with Gasteiger partial charge >= 0.3 is 0 Å². The predicted molar refractivity (Wildman–Crippen MR) is 99.0 cm³/mol. The van der Waals surface area contributed by atoms with Crippen molar-refractivity contribution >= 4 is 29.9 Å². The quantitative estimate of drug-likeness (QED) is 0.412. The van der Waals surface area contributed by atoms with E-state index in [1.54, 1.807) is 19.2 Å². The second-order valence-electron chi connectivity index (χ2n) is 4.94. The molecule has 0 saturated heterocycles. The number of nitrogens with zero attached hydrogens (tertiary/aromatic N) is 1. The Bertz CT molecular complexity index is 420. The van der Waals surface area contributed by atoms with Crippen LogP contribution in [0, 0.1) is 11.7 Å². The number of hydrogen-bond acceptors (Lipinski definition) is 1. The summed E-state index contributed by atoms with van der Waals surface area (Å²) < 4.78 is 13.1. The van der Waals surface area contributed by atoms with Crippen LogP contribution in [0.15, 0.2) is 29.3 Å². The lowest BCUT2D eigenvalue weighted by Gasteiger charge is -2.16. The van der Waals surface area contributed by atoms with Crippen molar-refractivity contribution in [3.63, 3.8) is 0 Å². The van der Waals surface area contributed by atoms with Crippen LogP contribution in [0.25, 0.3) is 0 Å². The van der Waals surface area contributed by atoms with Gasteiger partial charge in [0.25, 0.3) is 0 Å². The molecule has 5 heteroatoms. The standard InChI is InChI=1S/C16H26FN3.HI/c1-4-13(5-2)12-20-16(18-3)19-10-9-14-7-6-8-15(17)11-14;/h6-8,11,13H,4-5,9-10,12H2,1-3H3,(H2,18,19,20);1H. The number of halogens is 2. The molecule has 0 aliphatic rings. The summed E-state index contributed by atoms with van der Waals surface area (Å²) in [6.07, 6.45) is 3.12. The molecule has 1 aromatic carbocycles. The molecule has 0 aromatic heterocycles. The van der Waals surface area contributed by atoms with Crippen LogP contribution in [0.4, 0.5) is 4.39 Å². The Balaban J connectivity index is 0.00000400. The van der Waals surface area contributed by atoms with Crippen molar-refractivity contribution in [2.75, 3.05) is 20.1 Å². The number of hydrogen-bond donors (Lipinski definition) is 2. The average molecular weight is 407 g/mol. The number of aliphatic imine (C=N–C) groups is 1. The summed E-state index contributed by atoms with van der Waals surface area (Å²) in [5.41, 5.74) is 0.993. The largest absolute Gasteiger partial charge is 0.356 e. The SMILES string of the molecule is CCC(CC)CNC(=NC)NCCc1cccc(F)c1.I. The molecule has 0 saturated carbocycles. The molecule has 2 N–H and O–H groups in total. The van der Waals surface area contributed by atoms with Crippen LogP contribution in [0.3, 0.4) is 0 Å². The van der Waals surface area contributed by atoms with E-state index < -0.39 is 0 Å². The lowest BCUT2D eigenvalue weighted by molar-refractivity contribution is 0.481. The van der Waals surface area contributed by atoms with Crippen molar-refractivity contribution < 1.29 is 4.39 Å². The highest BCUT2D eigenvalue weighted by Gasteiger charge is 2.04. The topological polar surface area (TPSA) is 36.4 Å². The molecule has 0 spiro atoms. The van der Waals surface area contributed by atoms with Gasteiger partial charge in [0, 0.05) is 20.1 Å². The number of rotatable bonds is 7. The maximum atomic E-state index is 13.1. The molecule has 0 aliphatic carbocycles. The molecule has 0 amide bonds. The van der Waals surface area contributed by atoms with Crippen molar-refractivity contribution in [1.82, 2.24) is 10.6 Å². The second kappa shape index (κ2) is 11.8. The second-order valence-corrected chi connectivity index (χ2v) is 4.94. The van der Waals surface area contributed by atoms with Crippen molar-refractivity contribution in [1.29, 1.82) is 0 Å². The van der Waals surface area contributed by atoms with Gasteiger partial charge in [0.15, 0.2) is 5.96 Å². The first kappa shape index (κ1) is 20.1. The van der Waals surface area contributed by atoms with E-state index in [-0.39, 0.29) is 29.8 Å². The fourth-order valence-electron chi connectivity index (χ4n) is 2.06. The molecule has 0 fully saturated rings. The number of guanidine groups is 1. The summed E-state index contributed by atoms with van der Waals surface area (Å²) in [6.45, 7) is 6.09. The Morgan fingerprint density at radius 3 is 2.52 bits per heavy atom. The van der Waals surface area contributed by atoms with Crippen molar-refractivity contribution in [3.8, 4) is 0 Å². The Morgan fingerprint density at radius 1 is 1.24 bits per heavy atom. The minimum absolute atomic E-state index is 0. The lowest BCUT2D eigenvalue weighted by atomic mass is 10.0. The third-order valence-electron chi connectivity index (χ3n) is 3.53. The first-order valence-corrected chi connectivity index (χ1v) is 7.38. The van der Waals surface area contributed by atoms with Gasteiger partial charge in [-0.25, -0.2) is 4.39 Å². The molecular weight excluding hydrogens is 380 g/mol.